The van der Waals surface area contributed by atoms with Crippen LogP contribution >= 0.6 is 0 Å². The highest BCUT2D eigenvalue weighted by atomic mass is 16.5. The molecule has 2 aromatic carbocycles. The van der Waals surface area contributed by atoms with Crippen LogP contribution in [0.3, 0.4) is 0 Å². The Bertz CT molecular complexity index is 1110. The van der Waals surface area contributed by atoms with Crippen LogP contribution in [0.1, 0.15) is 47.8 Å². The van der Waals surface area contributed by atoms with E-state index in [1.807, 2.05) is 19.1 Å². The van der Waals surface area contributed by atoms with Crippen LogP contribution in [0.2, 0.25) is 0 Å². The Morgan fingerprint density at radius 1 is 1.00 bits per heavy atom. The SMILES string of the molecule is CCOc1cc(C(=O)NCc2ccc(CN3CC(C)OC(C)C3)cc2)ccc1OCc1cccnc1. The molecule has 0 saturated carbocycles. The van der Waals surface area contributed by atoms with Crippen LogP contribution in [0.5, 0.6) is 11.5 Å². The molecular formula is C29H35N3O4. The normalized spacial score (nSPS) is 18.0. The van der Waals surface area contributed by atoms with Gasteiger partial charge < -0.3 is 19.5 Å². The fourth-order valence-electron chi connectivity index (χ4n) is 4.40. The number of morpholine rings is 1. The lowest BCUT2D eigenvalue weighted by atomic mass is 10.1. The number of pyridine rings is 1. The topological polar surface area (TPSA) is 72.9 Å². The van der Waals surface area contributed by atoms with Crippen molar-refractivity contribution in [3.63, 3.8) is 0 Å². The molecule has 0 bridgehead atoms. The summed E-state index contributed by atoms with van der Waals surface area (Å²) >= 11 is 0. The fraction of sp³-hybridized carbons (Fsp3) is 0.379. The molecular weight excluding hydrogens is 454 g/mol. The fourth-order valence-corrected chi connectivity index (χ4v) is 4.40. The van der Waals surface area contributed by atoms with Gasteiger partial charge in [-0.15, -0.1) is 0 Å². The maximum absolute atomic E-state index is 12.8. The van der Waals surface area contributed by atoms with E-state index in [0.717, 1.165) is 30.8 Å². The van der Waals surface area contributed by atoms with Gasteiger partial charge in [-0.25, -0.2) is 0 Å². The summed E-state index contributed by atoms with van der Waals surface area (Å²) < 4.78 is 17.5. The number of hydrogen-bond acceptors (Lipinski definition) is 6. The van der Waals surface area contributed by atoms with Crippen LogP contribution in [0.15, 0.2) is 67.0 Å². The summed E-state index contributed by atoms with van der Waals surface area (Å²) in [5.74, 6) is 0.983. The Balaban J connectivity index is 1.31. The smallest absolute Gasteiger partial charge is 0.251 e. The Morgan fingerprint density at radius 2 is 1.75 bits per heavy atom. The molecule has 7 heteroatoms. The van der Waals surface area contributed by atoms with Gasteiger partial charge >= 0.3 is 0 Å². The number of aromatic nitrogens is 1. The third-order valence-electron chi connectivity index (χ3n) is 6.00. The lowest BCUT2D eigenvalue weighted by Gasteiger charge is -2.35. The van der Waals surface area contributed by atoms with Gasteiger partial charge in [0.25, 0.3) is 5.91 Å². The van der Waals surface area contributed by atoms with Crippen molar-refractivity contribution < 1.29 is 19.0 Å². The number of carbonyl (C=O) groups excluding carboxylic acids is 1. The first-order valence-electron chi connectivity index (χ1n) is 12.5. The number of nitrogens with zero attached hydrogens (tertiary/aromatic N) is 2. The second kappa shape index (κ2) is 12.5. The minimum absolute atomic E-state index is 0.157. The zero-order valence-corrected chi connectivity index (χ0v) is 21.3. The number of amides is 1. The second-order valence-corrected chi connectivity index (χ2v) is 9.20. The van der Waals surface area contributed by atoms with Gasteiger partial charge in [0.1, 0.15) is 6.61 Å². The summed E-state index contributed by atoms with van der Waals surface area (Å²) in [7, 11) is 0. The Labute approximate surface area is 213 Å². The van der Waals surface area contributed by atoms with Crippen LogP contribution in [-0.4, -0.2) is 47.7 Å². The van der Waals surface area contributed by atoms with Gasteiger partial charge in [-0.05, 0) is 56.2 Å². The van der Waals surface area contributed by atoms with E-state index in [4.69, 9.17) is 14.2 Å². The number of benzene rings is 2. The third kappa shape index (κ3) is 7.29. The maximum Gasteiger partial charge on any atom is 0.251 e. The molecule has 0 radical (unpaired) electrons. The van der Waals surface area contributed by atoms with Crippen molar-refractivity contribution in [2.75, 3.05) is 19.7 Å². The van der Waals surface area contributed by atoms with E-state index in [9.17, 15) is 4.79 Å². The van der Waals surface area contributed by atoms with Crippen molar-refractivity contribution in [2.24, 2.45) is 0 Å². The first kappa shape index (κ1) is 25.7. The standard InChI is InChI=1S/C29H35N3O4/c1-4-34-28-14-26(11-12-27(28)35-20-25-6-5-13-30-15-25)29(33)31-16-23-7-9-24(10-8-23)19-32-17-21(2)36-22(3)18-32/h5-15,21-22H,4,16-20H2,1-3H3,(H,31,33). The van der Waals surface area contributed by atoms with Crippen molar-refractivity contribution in [2.45, 2.75) is 52.7 Å². The Morgan fingerprint density at radius 3 is 2.44 bits per heavy atom. The van der Waals surface area contributed by atoms with Gasteiger partial charge in [-0.3, -0.25) is 14.7 Å². The molecule has 1 aromatic heterocycles. The first-order chi connectivity index (χ1) is 17.5. The van der Waals surface area contributed by atoms with Gasteiger partial charge in [0.15, 0.2) is 11.5 Å². The predicted octanol–water partition coefficient (Wildman–Crippen LogP) is 4.60. The van der Waals surface area contributed by atoms with Crippen LogP contribution in [0.25, 0.3) is 0 Å². The molecule has 1 saturated heterocycles. The highest BCUT2D eigenvalue weighted by Gasteiger charge is 2.22. The van der Waals surface area contributed by atoms with Crippen molar-refractivity contribution in [1.29, 1.82) is 0 Å². The van der Waals surface area contributed by atoms with E-state index in [0.29, 0.717) is 36.8 Å². The van der Waals surface area contributed by atoms with Crippen LogP contribution in [0.4, 0.5) is 0 Å². The molecule has 2 atom stereocenters. The molecule has 1 N–H and O–H groups in total. The average Bonchev–Trinajstić information content (AvgIpc) is 2.87. The quantitative estimate of drug-likeness (QED) is 0.449. The van der Waals surface area contributed by atoms with E-state index in [1.165, 1.54) is 5.56 Å². The van der Waals surface area contributed by atoms with Gasteiger partial charge in [-0.1, -0.05) is 30.3 Å². The molecule has 4 rings (SSSR count). The summed E-state index contributed by atoms with van der Waals surface area (Å²) in [6, 6.07) is 17.5. The Hall–Kier alpha value is -3.42. The minimum Gasteiger partial charge on any atom is -0.490 e. The lowest BCUT2D eigenvalue weighted by Crippen LogP contribution is -2.44. The molecule has 2 heterocycles. The van der Waals surface area contributed by atoms with Crippen molar-refractivity contribution in [1.82, 2.24) is 15.2 Å². The highest BCUT2D eigenvalue weighted by Crippen LogP contribution is 2.29. The second-order valence-electron chi connectivity index (χ2n) is 9.20. The van der Waals surface area contributed by atoms with Crippen molar-refractivity contribution >= 4 is 5.91 Å². The number of nitrogens with one attached hydrogen (secondary N) is 1. The maximum atomic E-state index is 12.8. The molecule has 0 spiro atoms. The van der Waals surface area contributed by atoms with Gasteiger partial charge in [-0.2, -0.15) is 0 Å². The molecule has 1 fully saturated rings. The zero-order valence-electron chi connectivity index (χ0n) is 21.3. The molecule has 1 aliphatic rings. The molecule has 0 aliphatic carbocycles. The van der Waals surface area contributed by atoms with E-state index in [-0.39, 0.29) is 18.1 Å². The van der Waals surface area contributed by atoms with Crippen LogP contribution < -0.4 is 14.8 Å². The van der Waals surface area contributed by atoms with E-state index in [2.05, 4.69) is 53.3 Å². The molecule has 190 valence electrons. The monoisotopic (exact) mass is 489 g/mol. The number of hydrogen-bond donors (Lipinski definition) is 1. The number of rotatable bonds is 10. The Kier molecular flexibility index (Phi) is 8.92. The molecule has 7 nitrogen and oxygen atoms in total. The minimum atomic E-state index is -0.157. The zero-order chi connectivity index (χ0) is 25.3. The van der Waals surface area contributed by atoms with E-state index < -0.39 is 0 Å². The van der Waals surface area contributed by atoms with E-state index in [1.54, 1.807) is 30.6 Å². The van der Waals surface area contributed by atoms with E-state index >= 15 is 0 Å². The van der Waals surface area contributed by atoms with Gasteiger partial charge in [0.05, 0.1) is 18.8 Å². The number of carbonyl (C=O) groups is 1. The summed E-state index contributed by atoms with van der Waals surface area (Å²) in [6.45, 7) is 10.2. The first-order valence-corrected chi connectivity index (χ1v) is 12.5. The van der Waals surface area contributed by atoms with Gasteiger partial charge in [0.2, 0.25) is 0 Å². The molecule has 2 unspecified atom stereocenters. The summed E-state index contributed by atoms with van der Waals surface area (Å²) in [4.78, 5) is 19.4. The van der Waals surface area contributed by atoms with Crippen molar-refractivity contribution in [3.05, 3.63) is 89.2 Å². The number of ether oxygens (including phenoxy) is 3. The highest BCUT2D eigenvalue weighted by molar-refractivity contribution is 5.94. The summed E-state index contributed by atoms with van der Waals surface area (Å²) in [6.07, 6.45) is 4.00. The van der Waals surface area contributed by atoms with Crippen molar-refractivity contribution in [3.8, 4) is 11.5 Å². The third-order valence-corrected chi connectivity index (χ3v) is 6.00. The summed E-state index contributed by atoms with van der Waals surface area (Å²) in [5.41, 5.74) is 3.80. The average molecular weight is 490 g/mol. The predicted molar refractivity (Wildman–Crippen MR) is 139 cm³/mol. The molecule has 1 amide bonds. The molecule has 3 aromatic rings. The molecule has 36 heavy (non-hydrogen) atoms. The van der Waals surface area contributed by atoms with Crippen LogP contribution in [-0.2, 0) is 24.4 Å². The van der Waals surface area contributed by atoms with Crippen LogP contribution in [0, 0.1) is 0 Å². The summed E-state index contributed by atoms with van der Waals surface area (Å²) in [5, 5.41) is 3.00. The lowest BCUT2D eigenvalue weighted by molar-refractivity contribution is -0.0704. The largest absolute Gasteiger partial charge is 0.490 e. The van der Waals surface area contributed by atoms with Gasteiger partial charge in [0, 0.05) is 49.7 Å². The molecule has 1 aliphatic heterocycles.